The molecule has 1 unspecified atom stereocenters. The molecule has 0 amide bonds. The summed E-state index contributed by atoms with van der Waals surface area (Å²) < 4.78 is 5.58. The molecule has 0 aromatic heterocycles. The van der Waals surface area contributed by atoms with E-state index in [2.05, 4.69) is 19.1 Å². The van der Waals surface area contributed by atoms with Crippen LogP contribution in [0, 0.1) is 0 Å². The number of ether oxygens (including phenoxy) is 1. The Hall–Kier alpha value is -1.02. The highest BCUT2D eigenvalue weighted by molar-refractivity contribution is 5.47. The van der Waals surface area contributed by atoms with Crippen LogP contribution in [0.4, 0.5) is 0 Å². The molecule has 1 aromatic carbocycles. The number of fused-ring (bicyclic) bond motifs is 1. The molecule has 0 aliphatic heterocycles. The van der Waals surface area contributed by atoms with E-state index in [9.17, 15) is 0 Å². The molecule has 1 aliphatic rings. The van der Waals surface area contributed by atoms with Crippen molar-refractivity contribution in [2.24, 2.45) is 5.73 Å². The summed E-state index contributed by atoms with van der Waals surface area (Å²) in [4.78, 5) is 0. The van der Waals surface area contributed by atoms with E-state index in [0.717, 1.165) is 18.7 Å². The van der Waals surface area contributed by atoms with Gasteiger partial charge in [-0.25, -0.2) is 0 Å². The Morgan fingerprint density at radius 2 is 2.00 bits per heavy atom. The van der Waals surface area contributed by atoms with Crippen molar-refractivity contribution >= 4 is 0 Å². The van der Waals surface area contributed by atoms with Crippen LogP contribution in [-0.2, 0) is 12.8 Å². The van der Waals surface area contributed by atoms with Crippen LogP contribution >= 0.6 is 0 Å². The summed E-state index contributed by atoms with van der Waals surface area (Å²) in [7, 11) is 1.77. The van der Waals surface area contributed by atoms with Gasteiger partial charge in [0, 0.05) is 5.56 Å². The van der Waals surface area contributed by atoms with E-state index in [0.29, 0.717) is 5.92 Å². The molecule has 0 fully saturated rings. The zero-order valence-electron chi connectivity index (χ0n) is 11.7. The standard InChI is InChI=1S/C16H25NO/c1-12(10-11-17)16-14-7-5-3-4-6-13(14)8-9-15(16)18-2/h8-9,12H,3-7,10-11,17H2,1-2H3. The molecule has 100 valence electrons. The van der Waals surface area contributed by atoms with Crippen molar-refractivity contribution in [1.82, 2.24) is 0 Å². The maximum absolute atomic E-state index is 5.72. The zero-order chi connectivity index (χ0) is 13.0. The van der Waals surface area contributed by atoms with Gasteiger partial charge in [-0.1, -0.05) is 19.4 Å². The predicted octanol–water partition coefficient (Wildman–Crippen LogP) is 3.42. The first-order chi connectivity index (χ1) is 8.77. The Labute approximate surface area is 111 Å². The lowest BCUT2D eigenvalue weighted by Crippen LogP contribution is -2.09. The summed E-state index contributed by atoms with van der Waals surface area (Å²) in [5.41, 5.74) is 10.2. The minimum absolute atomic E-state index is 0.498. The maximum Gasteiger partial charge on any atom is 0.122 e. The fourth-order valence-electron chi connectivity index (χ4n) is 3.12. The van der Waals surface area contributed by atoms with Crippen LogP contribution < -0.4 is 10.5 Å². The van der Waals surface area contributed by atoms with Gasteiger partial charge in [-0.3, -0.25) is 0 Å². The van der Waals surface area contributed by atoms with Gasteiger partial charge < -0.3 is 10.5 Å². The topological polar surface area (TPSA) is 35.2 Å². The number of benzene rings is 1. The van der Waals surface area contributed by atoms with Gasteiger partial charge >= 0.3 is 0 Å². The Bertz CT molecular complexity index is 400. The number of hydrogen-bond acceptors (Lipinski definition) is 2. The van der Waals surface area contributed by atoms with Crippen LogP contribution in [0.25, 0.3) is 0 Å². The molecule has 2 N–H and O–H groups in total. The van der Waals surface area contributed by atoms with E-state index in [-0.39, 0.29) is 0 Å². The van der Waals surface area contributed by atoms with E-state index in [1.165, 1.54) is 43.2 Å². The van der Waals surface area contributed by atoms with Crippen LogP contribution in [0.5, 0.6) is 5.75 Å². The largest absolute Gasteiger partial charge is 0.496 e. The normalized spacial score (nSPS) is 16.8. The number of nitrogens with two attached hydrogens (primary N) is 1. The van der Waals surface area contributed by atoms with Crippen LogP contribution in [0.2, 0.25) is 0 Å². The second kappa shape index (κ2) is 6.24. The molecule has 2 nitrogen and oxygen atoms in total. The molecule has 0 saturated heterocycles. The van der Waals surface area contributed by atoms with Gasteiger partial charge in [-0.2, -0.15) is 0 Å². The fourth-order valence-corrected chi connectivity index (χ4v) is 3.12. The molecule has 0 heterocycles. The quantitative estimate of drug-likeness (QED) is 0.827. The molecule has 0 radical (unpaired) electrons. The molecule has 0 bridgehead atoms. The highest BCUT2D eigenvalue weighted by Gasteiger charge is 2.20. The van der Waals surface area contributed by atoms with Crippen LogP contribution in [0.3, 0.4) is 0 Å². The van der Waals surface area contributed by atoms with Crippen molar-refractivity contribution in [3.8, 4) is 5.75 Å². The van der Waals surface area contributed by atoms with Gasteiger partial charge in [0.15, 0.2) is 0 Å². The molecular formula is C16H25NO. The lowest BCUT2D eigenvalue weighted by Gasteiger charge is -2.21. The highest BCUT2D eigenvalue weighted by Crippen LogP contribution is 2.36. The van der Waals surface area contributed by atoms with Crippen molar-refractivity contribution in [2.45, 2.75) is 51.4 Å². The van der Waals surface area contributed by atoms with Gasteiger partial charge in [0.05, 0.1) is 7.11 Å². The molecule has 2 heteroatoms. The molecule has 0 spiro atoms. The first-order valence-corrected chi connectivity index (χ1v) is 7.16. The average molecular weight is 247 g/mol. The van der Waals surface area contributed by atoms with Gasteiger partial charge in [-0.05, 0) is 61.8 Å². The van der Waals surface area contributed by atoms with Gasteiger partial charge in [0.25, 0.3) is 0 Å². The number of hydrogen-bond donors (Lipinski definition) is 1. The first-order valence-electron chi connectivity index (χ1n) is 7.16. The van der Waals surface area contributed by atoms with Crippen molar-refractivity contribution in [3.05, 3.63) is 28.8 Å². The lowest BCUT2D eigenvalue weighted by atomic mass is 9.87. The predicted molar refractivity (Wildman–Crippen MR) is 76.3 cm³/mol. The Morgan fingerprint density at radius 3 is 2.72 bits per heavy atom. The summed E-state index contributed by atoms with van der Waals surface area (Å²) in [6.45, 7) is 3.02. The summed E-state index contributed by atoms with van der Waals surface area (Å²) in [6, 6.07) is 4.41. The molecule has 2 rings (SSSR count). The van der Waals surface area contributed by atoms with E-state index in [1.54, 1.807) is 12.7 Å². The highest BCUT2D eigenvalue weighted by atomic mass is 16.5. The Balaban J connectivity index is 2.45. The molecular weight excluding hydrogens is 222 g/mol. The van der Waals surface area contributed by atoms with Gasteiger partial charge in [0.1, 0.15) is 5.75 Å². The summed E-state index contributed by atoms with van der Waals surface area (Å²) in [6.07, 6.45) is 7.44. The molecule has 1 aromatic rings. The van der Waals surface area contributed by atoms with Crippen LogP contribution in [-0.4, -0.2) is 13.7 Å². The second-order valence-electron chi connectivity index (χ2n) is 5.36. The second-order valence-corrected chi connectivity index (χ2v) is 5.36. The van der Waals surface area contributed by atoms with Gasteiger partial charge in [-0.15, -0.1) is 0 Å². The Kier molecular flexibility index (Phi) is 4.65. The van der Waals surface area contributed by atoms with Crippen LogP contribution in [0.1, 0.15) is 55.2 Å². The van der Waals surface area contributed by atoms with E-state index < -0.39 is 0 Å². The van der Waals surface area contributed by atoms with E-state index >= 15 is 0 Å². The number of aryl methyl sites for hydroxylation is 1. The van der Waals surface area contributed by atoms with Crippen LogP contribution in [0.15, 0.2) is 12.1 Å². The minimum Gasteiger partial charge on any atom is -0.496 e. The fraction of sp³-hybridized carbons (Fsp3) is 0.625. The monoisotopic (exact) mass is 247 g/mol. The maximum atomic E-state index is 5.72. The molecule has 0 saturated carbocycles. The van der Waals surface area contributed by atoms with Crippen molar-refractivity contribution in [1.29, 1.82) is 0 Å². The first kappa shape index (κ1) is 13.4. The summed E-state index contributed by atoms with van der Waals surface area (Å²) >= 11 is 0. The molecule has 18 heavy (non-hydrogen) atoms. The van der Waals surface area contributed by atoms with Gasteiger partial charge in [0.2, 0.25) is 0 Å². The third-order valence-corrected chi connectivity index (χ3v) is 4.10. The third kappa shape index (κ3) is 2.69. The SMILES string of the molecule is COc1ccc2c(c1C(C)CCN)CCCCC2. The number of rotatable bonds is 4. The zero-order valence-corrected chi connectivity index (χ0v) is 11.7. The molecule has 1 aliphatic carbocycles. The Morgan fingerprint density at radius 1 is 1.22 bits per heavy atom. The summed E-state index contributed by atoms with van der Waals surface area (Å²) in [5.74, 6) is 1.55. The van der Waals surface area contributed by atoms with Crippen molar-refractivity contribution < 1.29 is 4.74 Å². The lowest BCUT2D eigenvalue weighted by molar-refractivity contribution is 0.404. The van der Waals surface area contributed by atoms with E-state index in [1.807, 2.05) is 0 Å². The molecule has 1 atom stereocenters. The third-order valence-electron chi connectivity index (χ3n) is 4.10. The summed E-state index contributed by atoms with van der Waals surface area (Å²) in [5, 5.41) is 0. The smallest absolute Gasteiger partial charge is 0.122 e. The van der Waals surface area contributed by atoms with Crippen molar-refractivity contribution in [2.75, 3.05) is 13.7 Å². The van der Waals surface area contributed by atoms with E-state index in [4.69, 9.17) is 10.5 Å². The van der Waals surface area contributed by atoms with Crippen molar-refractivity contribution in [3.63, 3.8) is 0 Å². The average Bonchev–Trinajstić information content (AvgIpc) is 2.62. The number of methoxy groups -OCH3 is 1. The minimum atomic E-state index is 0.498.